The van der Waals surface area contributed by atoms with Crippen LogP contribution in [0.4, 0.5) is 4.79 Å². The number of urea groups is 1. The molecule has 1 saturated heterocycles. The molecule has 4 N–H and O–H groups in total. The molecule has 1 rings (SSSR count). The minimum absolute atomic E-state index is 0.0260. The van der Waals surface area contributed by atoms with Crippen molar-refractivity contribution in [1.82, 2.24) is 10.2 Å². The lowest BCUT2D eigenvalue weighted by molar-refractivity contribution is -0.139. The molecule has 108 valence electrons. The maximum Gasteiger partial charge on any atom is 0.326 e. The number of rotatable bonds is 4. The molecule has 1 aliphatic rings. The normalized spacial score (nSPS) is 24.6. The number of carbonyl (C=O) groups excluding carboxylic acids is 2. The molecule has 0 spiro atoms. The average molecular weight is 271 g/mol. The van der Waals surface area contributed by atoms with Crippen molar-refractivity contribution in [2.45, 2.75) is 45.2 Å². The lowest BCUT2D eigenvalue weighted by Crippen LogP contribution is -2.55. The molecule has 7 heteroatoms. The Morgan fingerprint density at radius 2 is 2.05 bits per heavy atom. The lowest BCUT2D eigenvalue weighted by Gasteiger charge is -2.37. The number of nitrogens with two attached hydrogens (primary N) is 1. The highest BCUT2D eigenvalue weighted by atomic mass is 16.4. The molecule has 0 bridgehead atoms. The van der Waals surface area contributed by atoms with Crippen molar-refractivity contribution in [2.24, 2.45) is 11.7 Å². The number of likely N-dealkylation sites (tertiary alicyclic amines) is 1. The van der Waals surface area contributed by atoms with Crippen molar-refractivity contribution in [1.29, 1.82) is 0 Å². The highest BCUT2D eigenvalue weighted by molar-refractivity contribution is 5.83. The molecule has 1 aliphatic heterocycles. The fourth-order valence-corrected chi connectivity index (χ4v) is 2.19. The Labute approximate surface area is 112 Å². The van der Waals surface area contributed by atoms with Gasteiger partial charge in [-0.15, -0.1) is 0 Å². The number of hydrogen-bond donors (Lipinski definition) is 3. The van der Waals surface area contributed by atoms with Crippen LogP contribution in [-0.2, 0) is 9.59 Å². The maximum atomic E-state index is 12.0. The lowest BCUT2D eigenvalue weighted by atomic mass is 9.93. The number of carboxylic acids is 1. The van der Waals surface area contributed by atoms with Crippen LogP contribution in [0.5, 0.6) is 0 Å². The number of piperidine rings is 1. The minimum atomic E-state index is -1.06. The second kappa shape index (κ2) is 6.40. The van der Waals surface area contributed by atoms with E-state index in [-0.39, 0.29) is 18.5 Å². The summed E-state index contributed by atoms with van der Waals surface area (Å²) in [5.74, 6) is -1.84. The van der Waals surface area contributed by atoms with E-state index >= 15 is 0 Å². The number of nitrogens with zero attached hydrogens (tertiary/aromatic N) is 1. The third kappa shape index (κ3) is 3.84. The number of carbonyl (C=O) groups is 3. The monoisotopic (exact) mass is 271 g/mol. The van der Waals surface area contributed by atoms with E-state index in [1.54, 1.807) is 6.92 Å². The van der Waals surface area contributed by atoms with Gasteiger partial charge < -0.3 is 21.1 Å². The van der Waals surface area contributed by atoms with Gasteiger partial charge in [-0.25, -0.2) is 9.59 Å². The summed E-state index contributed by atoms with van der Waals surface area (Å²) in [5, 5.41) is 11.4. The van der Waals surface area contributed by atoms with Crippen molar-refractivity contribution in [3.63, 3.8) is 0 Å². The molecule has 2 unspecified atom stereocenters. The van der Waals surface area contributed by atoms with Gasteiger partial charge in [0.1, 0.15) is 6.04 Å². The first kappa shape index (κ1) is 15.3. The van der Waals surface area contributed by atoms with E-state index in [2.05, 4.69) is 5.32 Å². The summed E-state index contributed by atoms with van der Waals surface area (Å²) in [7, 11) is 0. The third-order valence-electron chi connectivity index (χ3n) is 3.55. The Morgan fingerprint density at radius 1 is 1.42 bits per heavy atom. The van der Waals surface area contributed by atoms with Gasteiger partial charge in [0.2, 0.25) is 5.91 Å². The van der Waals surface area contributed by atoms with Crippen LogP contribution >= 0.6 is 0 Å². The first-order valence-electron chi connectivity index (χ1n) is 6.46. The summed E-state index contributed by atoms with van der Waals surface area (Å²) < 4.78 is 0. The number of aliphatic carboxylic acids is 1. The summed E-state index contributed by atoms with van der Waals surface area (Å²) in [6.07, 6.45) is 1.66. The Hall–Kier alpha value is -1.79. The smallest absolute Gasteiger partial charge is 0.326 e. The van der Waals surface area contributed by atoms with Gasteiger partial charge in [0.25, 0.3) is 0 Å². The zero-order valence-electron chi connectivity index (χ0n) is 11.3. The molecule has 1 heterocycles. The quantitative estimate of drug-likeness (QED) is 0.675. The van der Waals surface area contributed by atoms with Gasteiger partial charge in [0.15, 0.2) is 0 Å². The molecule has 0 aromatic rings. The maximum absolute atomic E-state index is 12.0. The highest BCUT2D eigenvalue weighted by Crippen LogP contribution is 2.21. The second-order valence-corrected chi connectivity index (χ2v) is 4.93. The van der Waals surface area contributed by atoms with Crippen LogP contribution in [0.1, 0.15) is 33.1 Å². The van der Waals surface area contributed by atoms with Gasteiger partial charge in [-0.05, 0) is 26.2 Å². The van der Waals surface area contributed by atoms with Crippen molar-refractivity contribution < 1.29 is 19.5 Å². The van der Waals surface area contributed by atoms with Crippen molar-refractivity contribution in [3.05, 3.63) is 0 Å². The van der Waals surface area contributed by atoms with Crippen molar-refractivity contribution in [2.75, 3.05) is 6.54 Å². The van der Waals surface area contributed by atoms with E-state index in [1.165, 1.54) is 4.90 Å². The van der Waals surface area contributed by atoms with E-state index in [0.717, 1.165) is 0 Å². The van der Waals surface area contributed by atoms with Crippen LogP contribution in [0.25, 0.3) is 0 Å². The Morgan fingerprint density at radius 3 is 2.53 bits per heavy atom. The predicted octanol–water partition coefficient (Wildman–Crippen LogP) is 0.145. The van der Waals surface area contributed by atoms with E-state index in [0.29, 0.717) is 19.3 Å². The minimum Gasteiger partial charge on any atom is -0.480 e. The standard InChI is InChI=1S/C12H21N3O4/c1-3-9(11(17)18)14-12(19)15-6-8(10(13)16)5-4-7(15)2/h7-9H,3-6H2,1-2H3,(H2,13,16)(H,14,19)(H,17,18)/t7?,8?,9-/m0/s1. The van der Waals surface area contributed by atoms with Crippen LogP contribution in [-0.4, -0.2) is 46.5 Å². The topological polar surface area (TPSA) is 113 Å². The summed E-state index contributed by atoms with van der Waals surface area (Å²) in [5.41, 5.74) is 5.26. The summed E-state index contributed by atoms with van der Waals surface area (Å²) >= 11 is 0. The van der Waals surface area contributed by atoms with E-state index in [4.69, 9.17) is 10.8 Å². The molecule has 0 aliphatic carbocycles. The molecule has 7 nitrogen and oxygen atoms in total. The zero-order valence-corrected chi connectivity index (χ0v) is 11.3. The van der Waals surface area contributed by atoms with Crippen LogP contribution < -0.4 is 11.1 Å². The van der Waals surface area contributed by atoms with Crippen molar-refractivity contribution in [3.8, 4) is 0 Å². The molecule has 0 aromatic heterocycles. The van der Waals surface area contributed by atoms with Crippen LogP contribution in [0.2, 0.25) is 0 Å². The predicted molar refractivity (Wildman–Crippen MR) is 68.3 cm³/mol. The Bertz CT molecular complexity index is 372. The number of nitrogens with one attached hydrogen (secondary N) is 1. The van der Waals surface area contributed by atoms with Gasteiger partial charge in [-0.3, -0.25) is 4.79 Å². The van der Waals surface area contributed by atoms with Crippen LogP contribution in [0, 0.1) is 5.92 Å². The van der Waals surface area contributed by atoms with Gasteiger partial charge in [-0.2, -0.15) is 0 Å². The van der Waals surface area contributed by atoms with Gasteiger partial charge in [0, 0.05) is 12.6 Å². The number of amides is 3. The fraction of sp³-hybridized carbons (Fsp3) is 0.750. The molecule has 3 amide bonds. The largest absolute Gasteiger partial charge is 0.480 e. The molecule has 19 heavy (non-hydrogen) atoms. The molecule has 1 fully saturated rings. The van der Waals surface area contributed by atoms with E-state index in [1.807, 2.05) is 6.92 Å². The SMILES string of the molecule is CC[C@H](NC(=O)N1CC(C(N)=O)CCC1C)C(=O)O. The highest BCUT2D eigenvalue weighted by Gasteiger charge is 2.32. The summed E-state index contributed by atoms with van der Waals surface area (Å²) in [6.45, 7) is 3.81. The molecule has 0 saturated carbocycles. The number of hydrogen-bond acceptors (Lipinski definition) is 3. The fourth-order valence-electron chi connectivity index (χ4n) is 2.19. The van der Waals surface area contributed by atoms with Crippen LogP contribution in [0.15, 0.2) is 0 Å². The summed E-state index contributed by atoms with van der Waals surface area (Å²) in [6, 6.07) is -1.39. The first-order chi connectivity index (χ1) is 8.86. The molecular weight excluding hydrogens is 250 g/mol. The van der Waals surface area contributed by atoms with Crippen LogP contribution in [0.3, 0.4) is 0 Å². The van der Waals surface area contributed by atoms with Gasteiger partial charge >= 0.3 is 12.0 Å². The second-order valence-electron chi connectivity index (χ2n) is 4.93. The van der Waals surface area contributed by atoms with Crippen molar-refractivity contribution >= 4 is 17.9 Å². The van der Waals surface area contributed by atoms with Gasteiger partial charge in [0.05, 0.1) is 5.92 Å². The zero-order chi connectivity index (χ0) is 14.6. The third-order valence-corrected chi connectivity index (χ3v) is 3.55. The van der Waals surface area contributed by atoms with Gasteiger partial charge in [-0.1, -0.05) is 6.92 Å². The molecule has 0 aromatic carbocycles. The number of primary amides is 1. The molecule has 3 atom stereocenters. The van der Waals surface area contributed by atoms with E-state index in [9.17, 15) is 14.4 Å². The number of carboxylic acid groups (broad SMARTS) is 1. The Kier molecular flexibility index (Phi) is 5.14. The molecular formula is C12H21N3O4. The van der Waals surface area contributed by atoms with E-state index < -0.39 is 23.9 Å². The first-order valence-corrected chi connectivity index (χ1v) is 6.46. The molecule has 0 radical (unpaired) electrons. The average Bonchev–Trinajstić information content (AvgIpc) is 2.35. The Balaban J connectivity index is 2.68. The summed E-state index contributed by atoms with van der Waals surface area (Å²) in [4.78, 5) is 35.6.